The fourth-order valence-corrected chi connectivity index (χ4v) is 1.00. The second kappa shape index (κ2) is 5.56. The molecule has 17 heavy (non-hydrogen) atoms. The summed E-state index contributed by atoms with van der Waals surface area (Å²) in [7, 11) is 0. The topological polar surface area (TPSA) is 26.0 Å². The van der Waals surface area contributed by atoms with Gasteiger partial charge in [0, 0.05) is 12.0 Å². The summed E-state index contributed by atoms with van der Waals surface area (Å²) in [6.45, 7) is 9.86. The van der Waals surface area contributed by atoms with E-state index in [0.717, 1.165) is 13.8 Å². The summed E-state index contributed by atoms with van der Waals surface area (Å²) in [6, 6.07) is 1.37. The molecule has 0 spiro atoms. The number of nitrogens with zero attached hydrogens (tertiary/aromatic N) is 1. The maximum Gasteiger partial charge on any atom is 0.399 e. The Kier molecular flexibility index (Phi) is 5.23. The fourth-order valence-electron chi connectivity index (χ4n) is 1.00. The molecule has 0 aliphatic carbocycles. The molecular formula is C12H20F3NO. The van der Waals surface area contributed by atoms with E-state index in [1.54, 1.807) is 0 Å². The van der Waals surface area contributed by atoms with Gasteiger partial charge in [-0.15, -0.1) is 0 Å². The molecule has 0 N–H and O–H groups in total. The Hall–Kier alpha value is -1.00. The van der Waals surface area contributed by atoms with Gasteiger partial charge in [0.2, 0.25) is 0 Å². The largest absolute Gasteiger partial charge is 0.399 e. The monoisotopic (exact) mass is 251 g/mol. The molecule has 0 saturated carbocycles. The molecule has 0 aliphatic rings. The summed E-state index contributed by atoms with van der Waals surface area (Å²) in [6.07, 6.45) is -4.32. The maximum absolute atomic E-state index is 12.6. The van der Waals surface area contributed by atoms with Crippen LogP contribution in [-0.2, 0) is 5.41 Å². The molecule has 1 aromatic heterocycles. The average Bonchev–Trinajstić information content (AvgIpc) is 2.68. The summed E-state index contributed by atoms with van der Waals surface area (Å²) in [5.74, 6) is 0.512. The number of rotatable bonds is 2. The molecule has 2 nitrogen and oxygen atoms in total. The van der Waals surface area contributed by atoms with Gasteiger partial charge in [-0.3, -0.25) is 0 Å². The van der Waals surface area contributed by atoms with E-state index in [9.17, 15) is 13.2 Å². The Balaban J connectivity index is 0.00000121. The Labute approximate surface area is 100 Å². The summed E-state index contributed by atoms with van der Waals surface area (Å²) >= 11 is 0. The second-order valence-electron chi connectivity index (χ2n) is 4.39. The lowest BCUT2D eigenvalue weighted by Gasteiger charge is -2.24. The summed E-state index contributed by atoms with van der Waals surface area (Å²) in [5.41, 5.74) is -2.04. The van der Waals surface area contributed by atoms with Crippen LogP contribution in [0.3, 0.4) is 0 Å². The minimum Gasteiger partial charge on any atom is -0.361 e. The molecule has 0 amide bonds. The predicted molar refractivity (Wildman–Crippen MR) is 61.0 cm³/mol. The lowest BCUT2D eigenvalue weighted by Crippen LogP contribution is -2.36. The molecule has 0 saturated heterocycles. The van der Waals surface area contributed by atoms with E-state index in [-0.39, 0.29) is 11.6 Å². The second-order valence-corrected chi connectivity index (χ2v) is 4.39. The zero-order valence-electron chi connectivity index (χ0n) is 11.1. The van der Waals surface area contributed by atoms with E-state index in [2.05, 4.69) is 5.16 Å². The number of hydrogen-bond donors (Lipinski definition) is 0. The zero-order chi connectivity index (χ0) is 13.9. The van der Waals surface area contributed by atoms with E-state index < -0.39 is 11.6 Å². The maximum atomic E-state index is 12.6. The third-order valence-electron chi connectivity index (χ3n) is 2.45. The molecule has 100 valence electrons. The van der Waals surface area contributed by atoms with E-state index in [1.165, 1.54) is 6.07 Å². The van der Waals surface area contributed by atoms with Crippen LogP contribution in [0, 0.1) is 0 Å². The SMILES string of the molecule is CC.CC(C)c1cc(C(C)(C)C(F)(F)F)no1. The van der Waals surface area contributed by atoms with Crippen molar-refractivity contribution in [1.29, 1.82) is 0 Å². The average molecular weight is 251 g/mol. The molecular weight excluding hydrogens is 231 g/mol. The first-order chi connectivity index (χ1) is 7.66. The van der Waals surface area contributed by atoms with Gasteiger partial charge in [-0.25, -0.2) is 0 Å². The molecule has 1 rings (SSSR count). The third-order valence-corrected chi connectivity index (χ3v) is 2.45. The van der Waals surface area contributed by atoms with Crippen LogP contribution in [0.5, 0.6) is 0 Å². The molecule has 0 atom stereocenters. The van der Waals surface area contributed by atoms with E-state index >= 15 is 0 Å². The molecule has 0 aromatic carbocycles. The van der Waals surface area contributed by atoms with Crippen molar-refractivity contribution in [3.63, 3.8) is 0 Å². The van der Waals surface area contributed by atoms with Gasteiger partial charge < -0.3 is 4.52 Å². The van der Waals surface area contributed by atoms with Gasteiger partial charge in [0.15, 0.2) is 0 Å². The highest BCUT2D eigenvalue weighted by atomic mass is 19.4. The van der Waals surface area contributed by atoms with E-state index in [0.29, 0.717) is 5.76 Å². The van der Waals surface area contributed by atoms with Gasteiger partial charge in [-0.1, -0.05) is 32.9 Å². The van der Waals surface area contributed by atoms with Crippen LogP contribution in [0.1, 0.15) is 58.9 Å². The zero-order valence-corrected chi connectivity index (χ0v) is 11.1. The van der Waals surface area contributed by atoms with Crippen LogP contribution in [0.4, 0.5) is 13.2 Å². The van der Waals surface area contributed by atoms with Crippen molar-refractivity contribution in [3.05, 3.63) is 17.5 Å². The molecule has 1 heterocycles. The van der Waals surface area contributed by atoms with Crippen molar-refractivity contribution in [2.75, 3.05) is 0 Å². The minimum absolute atomic E-state index is 0.0373. The van der Waals surface area contributed by atoms with Crippen LogP contribution in [0.25, 0.3) is 0 Å². The Morgan fingerprint density at radius 2 is 1.65 bits per heavy atom. The number of halogens is 3. The van der Waals surface area contributed by atoms with Crippen molar-refractivity contribution >= 4 is 0 Å². The normalized spacial score (nSPS) is 12.4. The number of alkyl halides is 3. The van der Waals surface area contributed by atoms with Crippen molar-refractivity contribution < 1.29 is 17.7 Å². The van der Waals surface area contributed by atoms with Gasteiger partial charge in [0.1, 0.15) is 11.2 Å². The molecule has 0 unspecified atom stereocenters. The summed E-state index contributed by atoms with van der Waals surface area (Å²) < 4.78 is 42.8. The quantitative estimate of drug-likeness (QED) is 0.763. The van der Waals surface area contributed by atoms with Crippen molar-refractivity contribution in [2.24, 2.45) is 0 Å². The van der Waals surface area contributed by atoms with Gasteiger partial charge in [-0.05, 0) is 13.8 Å². The van der Waals surface area contributed by atoms with E-state index in [4.69, 9.17) is 4.52 Å². The Morgan fingerprint density at radius 1 is 1.18 bits per heavy atom. The van der Waals surface area contributed by atoms with Crippen LogP contribution in [-0.4, -0.2) is 11.3 Å². The predicted octanol–water partition coefficient (Wildman–Crippen LogP) is 4.66. The van der Waals surface area contributed by atoms with Crippen LogP contribution < -0.4 is 0 Å². The van der Waals surface area contributed by atoms with E-state index in [1.807, 2.05) is 27.7 Å². The van der Waals surface area contributed by atoms with Crippen LogP contribution >= 0.6 is 0 Å². The third kappa shape index (κ3) is 3.48. The summed E-state index contributed by atoms with van der Waals surface area (Å²) in [4.78, 5) is 0. The van der Waals surface area contributed by atoms with Gasteiger partial charge >= 0.3 is 6.18 Å². The molecule has 1 aromatic rings. The lowest BCUT2D eigenvalue weighted by molar-refractivity contribution is -0.181. The van der Waals surface area contributed by atoms with Crippen molar-refractivity contribution in [1.82, 2.24) is 5.16 Å². The highest BCUT2D eigenvalue weighted by molar-refractivity contribution is 5.19. The van der Waals surface area contributed by atoms with Crippen molar-refractivity contribution in [3.8, 4) is 0 Å². The minimum atomic E-state index is -4.32. The van der Waals surface area contributed by atoms with Gasteiger partial charge in [0.05, 0.1) is 5.69 Å². The smallest absolute Gasteiger partial charge is 0.361 e. The Morgan fingerprint density at radius 3 is 1.94 bits per heavy atom. The van der Waals surface area contributed by atoms with Gasteiger partial charge in [0.25, 0.3) is 0 Å². The summed E-state index contributed by atoms with van der Waals surface area (Å²) in [5, 5.41) is 3.48. The molecule has 0 bridgehead atoms. The molecule has 0 aliphatic heterocycles. The number of aromatic nitrogens is 1. The highest BCUT2D eigenvalue weighted by Gasteiger charge is 2.50. The first kappa shape index (κ1) is 16.0. The highest BCUT2D eigenvalue weighted by Crippen LogP contribution is 2.40. The van der Waals surface area contributed by atoms with Crippen molar-refractivity contribution in [2.45, 2.75) is 59.1 Å². The molecule has 0 radical (unpaired) electrons. The standard InChI is InChI=1S/C10H14F3NO.C2H6/c1-6(2)7-5-8(14-15-7)9(3,4)10(11,12)13;1-2/h5-6H,1-4H3;1-2H3. The number of hydrogen-bond acceptors (Lipinski definition) is 2. The van der Waals surface area contributed by atoms with Crippen LogP contribution in [0.2, 0.25) is 0 Å². The molecule has 5 heteroatoms. The first-order valence-electron chi connectivity index (χ1n) is 5.70. The van der Waals surface area contributed by atoms with Crippen LogP contribution in [0.15, 0.2) is 10.6 Å². The Bertz CT molecular complexity index is 340. The fraction of sp³-hybridized carbons (Fsp3) is 0.750. The lowest BCUT2D eigenvalue weighted by atomic mass is 9.88. The first-order valence-corrected chi connectivity index (χ1v) is 5.70. The molecule has 0 fully saturated rings. The van der Waals surface area contributed by atoms with Gasteiger partial charge in [-0.2, -0.15) is 13.2 Å².